The minimum absolute atomic E-state index is 0.00214. The Labute approximate surface area is 107 Å². The van der Waals surface area contributed by atoms with E-state index in [1.165, 1.54) is 13.3 Å². The molecule has 0 saturated carbocycles. The molecule has 96 valence electrons. The maximum atomic E-state index is 11.3. The number of rotatable bonds is 3. The smallest absolute Gasteiger partial charge is 0.161 e. The van der Waals surface area contributed by atoms with Crippen molar-refractivity contribution < 1.29 is 9.53 Å². The summed E-state index contributed by atoms with van der Waals surface area (Å²) >= 11 is 0. The van der Waals surface area contributed by atoms with Crippen molar-refractivity contribution in [1.29, 1.82) is 0 Å². The Balaban J connectivity index is 1.74. The topological polar surface area (TPSA) is 64.3 Å². The first kappa shape index (κ1) is 11.5. The molecule has 0 aromatic heterocycles. The monoisotopic (exact) mass is 246 g/mol. The van der Waals surface area contributed by atoms with Crippen LogP contribution in [0.15, 0.2) is 18.2 Å². The summed E-state index contributed by atoms with van der Waals surface area (Å²) in [5.41, 5.74) is 7.98. The lowest BCUT2D eigenvalue weighted by Crippen LogP contribution is -2.30. The van der Waals surface area contributed by atoms with Crippen molar-refractivity contribution in [3.8, 4) is 0 Å². The maximum absolute atomic E-state index is 11.3. The summed E-state index contributed by atoms with van der Waals surface area (Å²) in [4.78, 5) is 11.3. The van der Waals surface area contributed by atoms with Crippen LogP contribution in [0.4, 0.5) is 11.4 Å². The second-order valence-corrected chi connectivity index (χ2v) is 5.22. The summed E-state index contributed by atoms with van der Waals surface area (Å²) < 4.78 is 5.80. The summed E-state index contributed by atoms with van der Waals surface area (Å²) in [7, 11) is 0. The van der Waals surface area contributed by atoms with Crippen LogP contribution in [0.1, 0.15) is 36.5 Å². The number of nitrogen functional groups attached to an aromatic ring is 1. The average Bonchev–Trinajstić information content (AvgIpc) is 2.90. The number of nitrogens with two attached hydrogens (primary N) is 1. The van der Waals surface area contributed by atoms with E-state index in [2.05, 4.69) is 5.32 Å². The van der Waals surface area contributed by atoms with Gasteiger partial charge < -0.3 is 15.8 Å². The molecular formula is C14H18N2O2. The number of ether oxygens (including phenoxy) is 1. The molecule has 1 aromatic rings. The Morgan fingerprint density at radius 1 is 1.44 bits per heavy atom. The van der Waals surface area contributed by atoms with Crippen LogP contribution in [-0.4, -0.2) is 24.0 Å². The van der Waals surface area contributed by atoms with Gasteiger partial charge in [0, 0.05) is 16.9 Å². The third-order valence-electron chi connectivity index (χ3n) is 3.89. The standard InChI is InChI=1S/C14H18N2O2/c1-8(17)11-4-2-9(6-12(11)15)16-13-7-10-3-5-14(13)18-10/h2,4,6,10,13-14,16H,3,5,7,15H2,1H3. The Morgan fingerprint density at radius 3 is 2.83 bits per heavy atom. The number of nitrogens with one attached hydrogen (secondary N) is 1. The van der Waals surface area contributed by atoms with Gasteiger partial charge in [-0.15, -0.1) is 0 Å². The molecule has 4 nitrogen and oxygen atoms in total. The number of ketones is 1. The third kappa shape index (κ3) is 1.97. The second-order valence-electron chi connectivity index (χ2n) is 5.22. The normalized spacial score (nSPS) is 29.5. The van der Waals surface area contributed by atoms with E-state index >= 15 is 0 Å². The highest BCUT2D eigenvalue weighted by Gasteiger charge is 2.40. The van der Waals surface area contributed by atoms with Crippen LogP contribution in [0, 0.1) is 0 Å². The second kappa shape index (κ2) is 4.28. The molecule has 2 aliphatic heterocycles. The highest BCUT2D eigenvalue weighted by Crippen LogP contribution is 2.36. The quantitative estimate of drug-likeness (QED) is 0.634. The van der Waals surface area contributed by atoms with E-state index in [1.807, 2.05) is 12.1 Å². The summed E-state index contributed by atoms with van der Waals surface area (Å²) in [5.74, 6) is 0.00214. The van der Waals surface area contributed by atoms with Gasteiger partial charge in [-0.2, -0.15) is 0 Å². The average molecular weight is 246 g/mol. The molecule has 0 spiro atoms. The lowest BCUT2D eigenvalue weighted by Gasteiger charge is -2.21. The molecule has 2 bridgehead atoms. The van der Waals surface area contributed by atoms with Crippen molar-refractivity contribution in [1.82, 2.24) is 0 Å². The van der Waals surface area contributed by atoms with E-state index in [1.54, 1.807) is 6.07 Å². The number of Topliss-reactive ketones (excluding diaryl/α,β-unsaturated/α-hetero) is 1. The zero-order valence-corrected chi connectivity index (χ0v) is 10.5. The molecule has 18 heavy (non-hydrogen) atoms. The van der Waals surface area contributed by atoms with Crippen LogP contribution >= 0.6 is 0 Å². The summed E-state index contributed by atoms with van der Waals surface area (Å²) in [5, 5.41) is 3.46. The first-order valence-corrected chi connectivity index (χ1v) is 6.46. The number of hydrogen-bond acceptors (Lipinski definition) is 4. The predicted octanol–water partition coefficient (Wildman–Crippen LogP) is 2.20. The van der Waals surface area contributed by atoms with Crippen LogP contribution in [0.25, 0.3) is 0 Å². The summed E-state index contributed by atoms with van der Waals surface area (Å²) in [6.45, 7) is 1.53. The van der Waals surface area contributed by atoms with E-state index in [-0.39, 0.29) is 5.78 Å². The summed E-state index contributed by atoms with van der Waals surface area (Å²) in [6.07, 6.45) is 4.17. The zero-order valence-electron chi connectivity index (χ0n) is 10.5. The van der Waals surface area contributed by atoms with Crippen molar-refractivity contribution >= 4 is 17.2 Å². The molecule has 3 atom stereocenters. The van der Waals surface area contributed by atoms with Gasteiger partial charge in [-0.05, 0) is 44.4 Å². The molecule has 2 fully saturated rings. The number of anilines is 2. The summed E-state index contributed by atoms with van der Waals surface area (Å²) in [6, 6.07) is 5.92. The largest absolute Gasteiger partial charge is 0.398 e. The molecular weight excluding hydrogens is 228 g/mol. The third-order valence-corrected chi connectivity index (χ3v) is 3.89. The Morgan fingerprint density at radius 2 is 2.28 bits per heavy atom. The van der Waals surface area contributed by atoms with Crippen LogP contribution in [0.5, 0.6) is 0 Å². The van der Waals surface area contributed by atoms with Crippen LogP contribution in [-0.2, 0) is 4.74 Å². The van der Waals surface area contributed by atoms with Gasteiger partial charge in [0.2, 0.25) is 0 Å². The fourth-order valence-electron chi connectivity index (χ4n) is 2.98. The van der Waals surface area contributed by atoms with Gasteiger partial charge in [-0.1, -0.05) is 0 Å². The van der Waals surface area contributed by atoms with Crippen LogP contribution in [0.3, 0.4) is 0 Å². The van der Waals surface area contributed by atoms with Crippen molar-refractivity contribution in [2.45, 2.75) is 44.4 Å². The Kier molecular flexibility index (Phi) is 2.74. The minimum Gasteiger partial charge on any atom is -0.398 e. The van der Waals surface area contributed by atoms with E-state index in [9.17, 15) is 4.79 Å². The molecule has 3 rings (SSSR count). The molecule has 3 unspecified atom stereocenters. The maximum Gasteiger partial charge on any atom is 0.161 e. The molecule has 0 aliphatic carbocycles. The van der Waals surface area contributed by atoms with Gasteiger partial charge in [0.25, 0.3) is 0 Å². The number of hydrogen-bond donors (Lipinski definition) is 2. The SMILES string of the molecule is CC(=O)c1ccc(NC2CC3CCC2O3)cc1N. The molecule has 0 radical (unpaired) electrons. The van der Waals surface area contributed by atoms with Gasteiger partial charge >= 0.3 is 0 Å². The van der Waals surface area contributed by atoms with Crippen molar-refractivity contribution in [2.24, 2.45) is 0 Å². The van der Waals surface area contributed by atoms with Crippen molar-refractivity contribution in [2.75, 3.05) is 11.1 Å². The fraction of sp³-hybridized carbons (Fsp3) is 0.500. The lowest BCUT2D eigenvalue weighted by atomic mass is 9.95. The molecule has 0 amide bonds. The highest BCUT2D eigenvalue weighted by atomic mass is 16.5. The Bertz CT molecular complexity index is 487. The van der Waals surface area contributed by atoms with Gasteiger partial charge in [-0.25, -0.2) is 0 Å². The number of benzene rings is 1. The van der Waals surface area contributed by atoms with Crippen LogP contribution < -0.4 is 11.1 Å². The number of carbonyl (C=O) groups excluding carboxylic acids is 1. The Hall–Kier alpha value is -1.55. The van der Waals surface area contributed by atoms with E-state index in [4.69, 9.17) is 10.5 Å². The van der Waals surface area contributed by atoms with Crippen molar-refractivity contribution in [3.63, 3.8) is 0 Å². The number of fused-ring (bicyclic) bond motifs is 2. The van der Waals surface area contributed by atoms with Gasteiger partial charge in [0.05, 0.1) is 18.2 Å². The molecule has 1 aromatic carbocycles. The lowest BCUT2D eigenvalue weighted by molar-refractivity contribution is 0.101. The highest BCUT2D eigenvalue weighted by molar-refractivity contribution is 5.99. The first-order valence-electron chi connectivity index (χ1n) is 6.46. The van der Waals surface area contributed by atoms with E-state index < -0.39 is 0 Å². The number of carbonyl (C=O) groups is 1. The molecule has 2 aliphatic rings. The van der Waals surface area contributed by atoms with Crippen molar-refractivity contribution in [3.05, 3.63) is 23.8 Å². The van der Waals surface area contributed by atoms with E-state index in [0.29, 0.717) is 29.5 Å². The first-order chi connectivity index (χ1) is 8.63. The minimum atomic E-state index is 0.00214. The molecule has 2 heterocycles. The van der Waals surface area contributed by atoms with E-state index in [0.717, 1.165) is 18.5 Å². The fourth-order valence-corrected chi connectivity index (χ4v) is 2.98. The molecule has 4 heteroatoms. The molecule has 3 N–H and O–H groups in total. The van der Waals surface area contributed by atoms with Gasteiger partial charge in [0.1, 0.15) is 0 Å². The predicted molar refractivity (Wildman–Crippen MR) is 70.8 cm³/mol. The zero-order chi connectivity index (χ0) is 12.7. The van der Waals surface area contributed by atoms with Gasteiger partial charge in [0.15, 0.2) is 5.78 Å². The van der Waals surface area contributed by atoms with Gasteiger partial charge in [-0.3, -0.25) is 4.79 Å². The van der Waals surface area contributed by atoms with Crippen LogP contribution in [0.2, 0.25) is 0 Å². The molecule has 2 saturated heterocycles.